The van der Waals surface area contributed by atoms with Crippen molar-refractivity contribution in [1.82, 2.24) is 4.90 Å². The third kappa shape index (κ3) is 3.31. The van der Waals surface area contributed by atoms with Crippen LogP contribution in [-0.4, -0.2) is 24.6 Å². The first kappa shape index (κ1) is 14.2. The van der Waals surface area contributed by atoms with E-state index in [0.29, 0.717) is 12.6 Å². The van der Waals surface area contributed by atoms with E-state index >= 15 is 0 Å². The molecule has 0 unspecified atom stereocenters. The van der Waals surface area contributed by atoms with Crippen LogP contribution < -0.4 is 0 Å². The summed E-state index contributed by atoms with van der Waals surface area (Å²) >= 11 is 0. The van der Waals surface area contributed by atoms with Gasteiger partial charge in [0.2, 0.25) is 0 Å². The Morgan fingerprint density at radius 1 is 1.10 bits per heavy atom. The average Bonchev–Trinajstić information content (AvgIpc) is 2.56. The fourth-order valence-corrected chi connectivity index (χ4v) is 2.84. The normalized spacial score (nSPS) is 21.1. The van der Waals surface area contributed by atoms with E-state index in [1.807, 2.05) is 18.2 Å². The minimum atomic E-state index is -0.205. The van der Waals surface area contributed by atoms with Crippen LogP contribution in [-0.2, 0) is 4.74 Å². The van der Waals surface area contributed by atoms with Crippen molar-refractivity contribution in [3.8, 4) is 0 Å². The van der Waals surface area contributed by atoms with Crippen molar-refractivity contribution in [1.29, 1.82) is 0 Å². The van der Waals surface area contributed by atoms with E-state index in [-0.39, 0.29) is 11.9 Å². The summed E-state index contributed by atoms with van der Waals surface area (Å²) in [4.78, 5) is 2.42. The van der Waals surface area contributed by atoms with Crippen molar-refractivity contribution in [2.24, 2.45) is 0 Å². The van der Waals surface area contributed by atoms with Gasteiger partial charge >= 0.3 is 0 Å². The fraction of sp³-hybridized carbons (Fsp3) is 0.333. The van der Waals surface area contributed by atoms with Gasteiger partial charge in [-0.1, -0.05) is 42.5 Å². The molecule has 1 fully saturated rings. The summed E-state index contributed by atoms with van der Waals surface area (Å²) in [7, 11) is 0. The molecule has 0 aliphatic carbocycles. The van der Waals surface area contributed by atoms with Gasteiger partial charge < -0.3 is 4.74 Å². The van der Waals surface area contributed by atoms with Gasteiger partial charge in [-0.05, 0) is 30.2 Å². The molecule has 1 heterocycles. The SMILES string of the molecule is C[C@H](c1ccccc1)N1CCO[C@@H](c2ccc(F)cc2)C1. The van der Waals surface area contributed by atoms with E-state index in [1.165, 1.54) is 17.7 Å². The third-order valence-corrected chi connectivity index (χ3v) is 4.17. The molecule has 0 N–H and O–H groups in total. The number of hydrogen-bond donors (Lipinski definition) is 0. The van der Waals surface area contributed by atoms with Crippen LogP contribution in [0.25, 0.3) is 0 Å². The minimum absolute atomic E-state index is 0.0190. The van der Waals surface area contributed by atoms with Gasteiger partial charge in [0.15, 0.2) is 0 Å². The molecule has 1 aliphatic heterocycles. The predicted molar refractivity (Wildman–Crippen MR) is 81.5 cm³/mol. The molecule has 0 aromatic heterocycles. The van der Waals surface area contributed by atoms with Gasteiger partial charge in [0, 0.05) is 19.1 Å². The molecule has 1 aliphatic rings. The molecular formula is C18H20FNO. The van der Waals surface area contributed by atoms with Gasteiger partial charge in [0.05, 0.1) is 12.7 Å². The van der Waals surface area contributed by atoms with Crippen LogP contribution in [0, 0.1) is 5.82 Å². The lowest BCUT2D eigenvalue weighted by Gasteiger charge is -2.37. The first-order valence-corrected chi connectivity index (χ1v) is 7.40. The lowest BCUT2D eigenvalue weighted by atomic mass is 10.0. The molecule has 21 heavy (non-hydrogen) atoms. The van der Waals surface area contributed by atoms with Crippen LogP contribution in [0.1, 0.15) is 30.2 Å². The van der Waals surface area contributed by atoms with E-state index in [9.17, 15) is 4.39 Å². The molecule has 3 rings (SSSR count). The predicted octanol–water partition coefficient (Wildman–Crippen LogP) is 3.96. The number of ether oxygens (including phenoxy) is 1. The highest BCUT2D eigenvalue weighted by Gasteiger charge is 2.25. The van der Waals surface area contributed by atoms with Crippen LogP contribution in [0.2, 0.25) is 0 Å². The van der Waals surface area contributed by atoms with E-state index < -0.39 is 0 Å². The number of halogens is 1. The van der Waals surface area contributed by atoms with E-state index in [1.54, 1.807) is 0 Å². The van der Waals surface area contributed by atoms with Gasteiger partial charge in [0.1, 0.15) is 5.82 Å². The molecule has 2 aromatic rings. The van der Waals surface area contributed by atoms with Crippen molar-refractivity contribution in [3.05, 3.63) is 71.5 Å². The van der Waals surface area contributed by atoms with Gasteiger partial charge in [-0.25, -0.2) is 4.39 Å². The number of hydrogen-bond acceptors (Lipinski definition) is 2. The summed E-state index contributed by atoms with van der Waals surface area (Å²) in [5.74, 6) is -0.205. The molecule has 2 atom stereocenters. The Morgan fingerprint density at radius 2 is 1.81 bits per heavy atom. The topological polar surface area (TPSA) is 12.5 Å². The van der Waals surface area contributed by atoms with Gasteiger partial charge in [-0.3, -0.25) is 4.90 Å². The number of benzene rings is 2. The smallest absolute Gasteiger partial charge is 0.123 e. The highest BCUT2D eigenvalue weighted by atomic mass is 19.1. The Kier molecular flexibility index (Phi) is 4.32. The first-order chi connectivity index (χ1) is 10.2. The number of rotatable bonds is 3. The Hall–Kier alpha value is -1.71. The van der Waals surface area contributed by atoms with E-state index in [4.69, 9.17) is 4.74 Å². The van der Waals surface area contributed by atoms with Gasteiger partial charge in [0.25, 0.3) is 0 Å². The molecule has 3 heteroatoms. The van der Waals surface area contributed by atoms with Gasteiger partial charge in [-0.15, -0.1) is 0 Å². The molecule has 110 valence electrons. The maximum absolute atomic E-state index is 13.0. The minimum Gasteiger partial charge on any atom is -0.371 e. The summed E-state index contributed by atoms with van der Waals surface area (Å²) in [5, 5.41) is 0. The number of nitrogens with zero attached hydrogens (tertiary/aromatic N) is 1. The summed E-state index contributed by atoms with van der Waals surface area (Å²) < 4.78 is 18.9. The van der Waals surface area contributed by atoms with Crippen LogP contribution in [0.5, 0.6) is 0 Å². The second kappa shape index (κ2) is 6.37. The zero-order chi connectivity index (χ0) is 14.7. The monoisotopic (exact) mass is 285 g/mol. The molecule has 0 amide bonds. The fourth-order valence-electron chi connectivity index (χ4n) is 2.84. The number of morpholine rings is 1. The van der Waals surface area contributed by atoms with Crippen molar-refractivity contribution in [2.45, 2.75) is 19.1 Å². The zero-order valence-corrected chi connectivity index (χ0v) is 12.2. The van der Waals surface area contributed by atoms with Crippen molar-refractivity contribution < 1.29 is 9.13 Å². The standard InChI is InChI=1S/C18H20FNO/c1-14(15-5-3-2-4-6-15)20-11-12-21-18(13-20)16-7-9-17(19)10-8-16/h2-10,14,18H,11-13H2,1H3/t14-,18-/m1/s1. The second-order valence-electron chi connectivity index (χ2n) is 5.49. The molecule has 0 saturated carbocycles. The van der Waals surface area contributed by atoms with Crippen LogP contribution in [0.3, 0.4) is 0 Å². The van der Waals surface area contributed by atoms with E-state index in [0.717, 1.165) is 18.7 Å². The molecule has 2 nitrogen and oxygen atoms in total. The summed E-state index contributed by atoms with van der Waals surface area (Å²) in [6.07, 6.45) is 0.0190. The Bertz CT molecular complexity index is 570. The van der Waals surface area contributed by atoms with Crippen molar-refractivity contribution >= 4 is 0 Å². The van der Waals surface area contributed by atoms with Crippen LogP contribution >= 0.6 is 0 Å². The Labute approximate surface area is 125 Å². The lowest BCUT2D eigenvalue weighted by molar-refractivity contribution is -0.0431. The zero-order valence-electron chi connectivity index (χ0n) is 12.2. The molecule has 0 spiro atoms. The van der Waals surface area contributed by atoms with Gasteiger partial charge in [-0.2, -0.15) is 0 Å². The van der Waals surface area contributed by atoms with Crippen LogP contribution in [0.15, 0.2) is 54.6 Å². The molecule has 1 saturated heterocycles. The maximum atomic E-state index is 13.0. The lowest BCUT2D eigenvalue weighted by Crippen LogP contribution is -2.39. The molecule has 0 bridgehead atoms. The van der Waals surface area contributed by atoms with Crippen LogP contribution in [0.4, 0.5) is 4.39 Å². The van der Waals surface area contributed by atoms with Crippen molar-refractivity contribution in [3.63, 3.8) is 0 Å². The Morgan fingerprint density at radius 3 is 2.52 bits per heavy atom. The molecule has 2 aromatic carbocycles. The molecule has 0 radical (unpaired) electrons. The molecular weight excluding hydrogens is 265 g/mol. The quantitative estimate of drug-likeness (QED) is 0.846. The van der Waals surface area contributed by atoms with Crippen molar-refractivity contribution in [2.75, 3.05) is 19.7 Å². The largest absolute Gasteiger partial charge is 0.371 e. The first-order valence-electron chi connectivity index (χ1n) is 7.40. The third-order valence-electron chi connectivity index (χ3n) is 4.17. The highest BCUT2D eigenvalue weighted by molar-refractivity contribution is 5.21. The van der Waals surface area contributed by atoms with E-state index in [2.05, 4.69) is 36.1 Å². The highest BCUT2D eigenvalue weighted by Crippen LogP contribution is 2.28. The second-order valence-corrected chi connectivity index (χ2v) is 5.49. The summed E-state index contributed by atoms with van der Waals surface area (Å²) in [5.41, 5.74) is 2.36. The Balaban J connectivity index is 1.72. The summed E-state index contributed by atoms with van der Waals surface area (Å²) in [6.45, 7) is 4.69. The average molecular weight is 285 g/mol. The summed E-state index contributed by atoms with van der Waals surface area (Å²) in [6, 6.07) is 17.5. The maximum Gasteiger partial charge on any atom is 0.123 e.